The van der Waals surface area contributed by atoms with Gasteiger partial charge in [0.05, 0.1) is 16.8 Å². The summed E-state index contributed by atoms with van der Waals surface area (Å²) in [6.45, 7) is 0. The lowest BCUT2D eigenvalue weighted by Crippen LogP contribution is -2.29. The molecule has 1 N–H and O–H groups in total. The van der Waals surface area contributed by atoms with Crippen molar-refractivity contribution in [1.29, 1.82) is 0 Å². The van der Waals surface area contributed by atoms with Gasteiger partial charge in [-0.3, -0.25) is 4.79 Å². The van der Waals surface area contributed by atoms with Crippen molar-refractivity contribution in [1.82, 2.24) is 24.8 Å². The van der Waals surface area contributed by atoms with E-state index in [2.05, 4.69) is 20.7 Å². The number of hydrogen-bond donors (Lipinski definition) is 1. The number of halogens is 3. The number of nitrogens with one attached hydrogen (secondary N) is 1. The average molecular weight is 462 g/mol. The maximum Gasteiger partial charge on any atom is 0.416 e. The zero-order valence-corrected chi connectivity index (χ0v) is 17.5. The van der Waals surface area contributed by atoms with Gasteiger partial charge in [-0.2, -0.15) is 18.3 Å². The highest BCUT2D eigenvalue weighted by molar-refractivity contribution is 5.74. The molecule has 1 unspecified atom stereocenters. The first kappa shape index (κ1) is 21.4. The van der Waals surface area contributed by atoms with E-state index in [0.29, 0.717) is 16.7 Å². The van der Waals surface area contributed by atoms with E-state index in [0.717, 1.165) is 12.1 Å². The largest absolute Gasteiger partial charge is 0.416 e. The number of nitrogens with zero attached hydrogens (tertiary/aromatic N) is 5. The summed E-state index contributed by atoms with van der Waals surface area (Å²) in [7, 11) is 0. The number of para-hydroxylation sites is 2. The van der Waals surface area contributed by atoms with Crippen molar-refractivity contribution >= 4 is 16.7 Å². The number of aromatic nitrogens is 5. The molecule has 0 aliphatic rings. The third-order valence-electron chi connectivity index (χ3n) is 5.23. The van der Waals surface area contributed by atoms with Crippen LogP contribution < -0.4 is 10.7 Å². The predicted octanol–water partition coefficient (Wildman–Crippen LogP) is 4.66. The van der Waals surface area contributed by atoms with Gasteiger partial charge in [-0.05, 0) is 42.5 Å². The van der Waals surface area contributed by atoms with Gasteiger partial charge in [0, 0.05) is 18.0 Å². The van der Waals surface area contributed by atoms with Crippen molar-refractivity contribution in [2.24, 2.45) is 0 Å². The molecule has 170 valence electrons. The molecule has 5 aromatic rings. The molecule has 0 aliphatic carbocycles. The highest BCUT2D eigenvalue weighted by atomic mass is 19.4. The van der Waals surface area contributed by atoms with Gasteiger partial charge in [0.1, 0.15) is 5.52 Å². The molecule has 10 heteroatoms. The molecule has 2 heterocycles. The van der Waals surface area contributed by atoms with Crippen molar-refractivity contribution < 1.29 is 13.2 Å². The zero-order chi connectivity index (χ0) is 23.7. The average Bonchev–Trinajstić information content (AvgIpc) is 3.27. The van der Waals surface area contributed by atoms with E-state index in [9.17, 15) is 18.0 Å². The molecule has 7 nitrogen and oxygen atoms in total. The van der Waals surface area contributed by atoms with E-state index in [1.54, 1.807) is 6.07 Å². The topological polar surface area (TPSA) is 77.6 Å². The number of benzene rings is 3. The second-order valence-electron chi connectivity index (χ2n) is 7.49. The van der Waals surface area contributed by atoms with Gasteiger partial charge in [0.25, 0.3) is 0 Å². The minimum Gasteiger partial charge on any atom is -0.359 e. The molecule has 0 saturated carbocycles. The number of hydrogen-bond acceptors (Lipinski definition) is 5. The summed E-state index contributed by atoms with van der Waals surface area (Å²) in [5.74, 6) is 0. The molecular weight excluding hydrogens is 445 g/mol. The van der Waals surface area contributed by atoms with E-state index in [-0.39, 0.29) is 11.4 Å². The molecule has 0 radical (unpaired) electrons. The van der Waals surface area contributed by atoms with Crippen LogP contribution in [0.25, 0.3) is 16.7 Å². The van der Waals surface area contributed by atoms with Gasteiger partial charge in [0.2, 0.25) is 5.43 Å². The summed E-state index contributed by atoms with van der Waals surface area (Å²) in [5, 5.41) is 16.1. The van der Waals surface area contributed by atoms with Crippen LogP contribution in [-0.2, 0) is 6.18 Å². The van der Waals surface area contributed by atoms with Crippen LogP contribution in [0, 0.1) is 0 Å². The lowest BCUT2D eigenvalue weighted by Gasteiger charge is -2.20. The molecular formula is C24H17F3N6O. The Morgan fingerprint density at radius 1 is 0.882 bits per heavy atom. The van der Waals surface area contributed by atoms with Crippen molar-refractivity contribution in [3.05, 3.63) is 113 Å². The highest BCUT2D eigenvalue weighted by Gasteiger charge is 2.30. The van der Waals surface area contributed by atoms with Crippen molar-refractivity contribution in [2.75, 3.05) is 5.32 Å². The van der Waals surface area contributed by atoms with Crippen LogP contribution in [-0.4, -0.2) is 24.8 Å². The molecule has 0 bridgehead atoms. The summed E-state index contributed by atoms with van der Waals surface area (Å²) in [4.78, 5) is 12.9. The smallest absolute Gasteiger partial charge is 0.359 e. The molecule has 2 aromatic heterocycles. The normalized spacial score (nSPS) is 12.6. The van der Waals surface area contributed by atoms with E-state index >= 15 is 0 Å². The molecule has 5 rings (SSSR count). The second kappa shape index (κ2) is 8.47. The Bertz CT molecular complexity index is 1510. The third kappa shape index (κ3) is 4.13. The number of alkyl halides is 3. The fourth-order valence-corrected chi connectivity index (χ4v) is 3.60. The van der Waals surface area contributed by atoms with Crippen molar-refractivity contribution in [3.8, 4) is 5.69 Å². The first-order chi connectivity index (χ1) is 16.4. The fraction of sp³-hybridized carbons (Fsp3) is 0.0833. The van der Waals surface area contributed by atoms with Gasteiger partial charge < -0.3 is 5.32 Å². The maximum absolute atomic E-state index is 13.2. The number of rotatable bonds is 5. The van der Waals surface area contributed by atoms with E-state index in [1.807, 2.05) is 48.5 Å². The lowest BCUT2D eigenvalue weighted by atomic mass is 10.2. The highest BCUT2D eigenvalue weighted by Crippen LogP contribution is 2.30. The first-order valence-electron chi connectivity index (χ1n) is 10.3. The van der Waals surface area contributed by atoms with Crippen LogP contribution >= 0.6 is 0 Å². The Morgan fingerprint density at radius 2 is 1.65 bits per heavy atom. The Morgan fingerprint density at radius 3 is 2.44 bits per heavy atom. The standard InChI is InChI=1S/C24H17F3N6O/c25-24(26,27)16-7-6-10-18(15-16)32-14-13-21(34)22(30-32)23(28-17-8-2-1-3-9-17)33-20-12-5-4-11-19(20)29-31-33/h1-15,23,28H. The number of fused-ring (bicyclic) bond motifs is 1. The summed E-state index contributed by atoms with van der Waals surface area (Å²) < 4.78 is 42.4. The summed E-state index contributed by atoms with van der Waals surface area (Å²) in [6.07, 6.45) is -4.05. The minimum absolute atomic E-state index is 0.0411. The summed E-state index contributed by atoms with van der Waals surface area (Å²) in [5.41, 5.74) is 0.966. The Labute approximate surface area is 191 Å². The SMILES string of the molecule is O=c1ccn(-c2cccc(C(F)(F)F)c2)nc1C(Nc1ccccc1)n1nnc2ccccc21. The second-order valence-corrected chi connectivity index (χ2v) is 7.49. The molecule has 1 atom stereocenters. The van der Waals surface area contributed by atoms with Gasteiger partial charge in [-0.1, -0.05) is 41.6 Å². The molecule has 0 spiro atoms. The molecule has 0 aliphatic heterocycles. The summed E-state index contributed by atoms with van der Waals surface area (Å²) >= 11 is 0. The van der Waals surface area contributed by atoms with Crippen LogP contribution in [0.1, 0.15) is 17.4 Å². The Hall–Kier alpha value is -4.47. The number of anilines is 1. The summed E-state index contributed by atoms with van der Waals surface area (Å²) in [6, 6.07) is 22.4. The van der Waals surface area contributed by atoms with Gasteiger partial charge >= 0.3 is 6.18 Å². The zero-order valence-electron chi connectivity index (χ0n) is 17.5. The molecule has 3 aromatic carbocycles. The Balaban J connectivity index is 1.65. The van der Waals surface area contributed by atoms with E-state index in [1.165, 1.54) is 33.8 Å². The van der Waals surface area contributed by atoms with Gasteiger partial charge in [-0.25, -0.2) is 9.36 Å². The fourth-order valence-electron chi connectivity index (χ4n) is 3.60. The minimum atomic E-state index is -4.51. The lowest BCUT2D eigenvalue weighted by molar-refractivity contribution is -0.137. The third-order valence-corrected chi connectivity index (χ3v) is 5.23. The van der Waals surface area contributed by atoms with Gasteiger partial charge in [-0.15, -0.1) is 5.10 Å². The molecule has 34 heavy (non-hydrogen) atoms. The monoisotopic (exact) mass is 462 g/mol. The van der Waals surface area contributed by atoms with Crippen LogP contribution in [0.15, 0.2) is 95.9 Å². The van der Waals surface area contributed by atoms with Crippen LogP contribution in [0.2, 0.25) is 0 Å². The molecule has 0 saturated heterocycles. The van der Waals surface area contributed by atoms with Crippen molar-refractivity contribution in [2.45, 2.75) is 12.3 Å². The van der Waals surface area contributed by atoms with Gasteiger partial charge in [0.15, 0.2) is 11.9 Å². The van der Waals surface area contributed by atoms with E-state index in [4.69, 9.17) is 0 Å². The van der Waals surface area contributed by atoms with E-state index < -0.39 is 23.3 Å². The van der Waals surface area contributed by atoms with Crippen LogP contribution in [0.4, 0.5) is 18.9 Å². The first-order valence-corrected chi connectivity index (χ1v) is 10.3. The van der Waals surface area contributed by atoms with Crippen LogP contribution in [0.5, 0.6) is 0 Å². The van der Waals surface area contributed by atoms with Crippen molar-refractivity contribution in [3.63, 3.8) is 0 Å². The predicted molar refractivity (Wildman–Crippen MR) is 121 cm³/mol. The molecule has 0 fully saturated rings. The molecule has 0 amide bonds. The maximum atomic E-state index is 13.2. The quantitative estimate of drug-likeness (QED) is 0.411. The Kier molecular flexibility index (Phi) is 5.33. The van der Waals surface area contributed by atoms with Crippen LogP contribution in [0.3, 0.4) is 0 Å².